The molecule has 0 fully saturated rings. The number of carboxylic acid groups (broad SMARTS) is 1. The van der Waals surface area contributed by atoms with E-state index >= 15 is 0 Å². The highest BCUT2D eigenvalue weighted by atomic mass is 19.1. The van der Waals surface area contributed by atoms with Gasteiger partial charge in [0, 0.05) is 6.07 Å². The molecule has 0 aliphatic rings. The number of halogens is 1. The second-order valence-corrected chi connectivity index (χ2v) is 4.05. The van der Waals surface area contributed by atoms with Crippen LogP contribution in [0.15, 0.2) is 18.2 Å². The quantitative estimate of drug-likeness (QED) is 0.432. The smallest absolute Gasteiger partial charge is 0.320 e. The Morgan fingerprint density at radius 3 is 2.26 bits per heavy atom. The van der Waals surface area contributed by atoms with Crippen molar-refractivity contribution < 1.29 is 19.2 Å². The Morgan fingerprint density at radius 1 is 1.47 bits per heavy atom. The first-order valence-electron chi connectivity index (χ1n) is 5.35. The van der Waals surface area contributed by atoms with Crippen LogP contribution < -0.4 is 11.5 Å². The summed E-state index contributed by atoms with van der Waals surface area (Å²) in [7, 11) is 0. The van der Waals surface area contributed by atoms with E-state index in [9.17, 15) is 19.3 Å². The van der Waals surface area contributed by atoms with Gasteiger partial charge in [0.2, 0.25) is 5.82 Å². The maximum Gasteiger partial charge on any atom is 0.320 e. The van der Waals surface area contributed by atoms with Crippen molar-refractivity contribution in [2.45, 2.75) is 19.9 Å². The molecule has 0 amide bonds. The molecular weight excluding hydrogens is 257 g/mol. The molecule has 0 bridgehead atoms. The predicted molar refractivity (Wildman–Crippen MR) is 67.9 cm³/mol. The van der Waals surface area contributed by atoms with E-state index in [-0.39, 0.29) is 11.6 Å². The van der Waals surface area contributed by atoms with Crippen molar-refractivity contribution in [2.75, 3.05) is 5.73 Å². The van der Waals surface area contributed by atoms with E-state index in [1.807, 2.05) is 0 Å². The molecule has 1 rings (SSSR count). The zero-order chi connectivity index (χ0) is 15.2. The number of nitro benzene ring substituents is 1. The molecule has 0 unspecified atom stereocenters. The fourth-order valence-corrected chi connectivity index (χ4v) is 0.963. The number of nitrogen functional groups attached to an aromatic ring is 1. The van der Waals surface area contributed by atoms with Crippen LogP contribution in [0.4, 0.5) is 15.8 Å². The lowest BCUT2D eigenvalue weighted by Gasteiger charge is -2.07. The van der Waals surface area contributed by atoms with E-state index in [2.05, 4.69) is 0 Å². The van der Waals surface area contributed by atoms with Crippen LogP contribution in [0.25, 0.3) is 0 Å². The number of carboxylic acids is 1. The van der Waals surface area contributed by atoms with E-state index in [1.54, 1.807) is 13.8 Å². The Bertz CT molecular complexity index is 465. The second kappa shape index (κ2) is 7.27. The number of nitrogens with zero attached hydrogens (tertiary/aromatic N) is 1. The molecule has 0 heterocycles. The standard InChI is InChI=1S/C6H5FN2O2.C5H11NO2/c7-6-4(8)2-1-3-5(6)9(10)11;1-3(2)4(6)5(7)8/h1-3H,8H2;3-4H,6H2,1-2H3,(H,7,8)/t;4-/m.0/s1. The zero-order valence-electron chi connectivity index (χ0n) is 10.5. The van der Waals surface area contributed by atoms with Crippen molar-refractivity contribution in [1.29, 1.82) is 0 Å². The fraction of sp³-hybridized carbons (Fsp3) is 0.364. The summed E-state index contributed by atoms with van der Waals surface area (Å²) in [6.45, 7) is 3.55. The summed E-state index contributed by atoms with van der Waals surface area (Å²) < 4.78 is 12.7. The number of nitro groups is 1. The van der Waals surface area contributed by atoms with Crippen LogP contribution >= 0.6 is 0 Å². The van der Waals surface area contributed by atoms with Crippen molar-refractivity contribution in [3.8, 4) is 0 Å². The molecule has 1 aromatic carbocycles. The van der Waals surface area contributed by atoms with Crippen LogP contribution in [0.2, 0.25) is 0 Å². The van der Waals surface area contributed by atoms with Crippen LogP contribution in [-0.2, 0) is 4.79 Å². The van der Waals surface area contributed by atoms with Gasteiger partial charge in [-0.1, -0.05) is 19.9 Å². The highest BCUT2D eigenvalue weighted by Crippen LogP contribution is 2.20. The van der Waals surface area contributed by atoms with Gasteiger partial charge in [-0.25, -0.2) is 0 Å². The molecule has 1 aromatic rings. The lowest BCUT2D eigenvalue weighted by molar-refractivity contribution is -0.387. The van der Waals surface area contributed by atoms with E-state index in [4.69, 9.17) is 16.6 Å². The molecule has 8 heteroatoms. The third-order valence-electron chi connectivity index (χ3n) is 2.21. The molecule has 0 saturated heterocycles. The third kappa shape index (κ3) is 5.30. The van der Waals surface area contributed by atoms with E-state index in [0.717, 1.165) is 6.07 Å². The van der Waals surface area contributed by atoms with Gasteiger partial charge in [0.25, 0.3) is 0 Å². The lowest BCUT2D eigenvalue weighted by atomic mass is 10.1. The van der Waals surface area contributed by atoms with Gasteiger partial charge >= 0.3 is 11.7 Å². The van der Waals surface area contributed by atoms with E-state index in [1.165, 1.54) is 12.1 Å². The highest BCUT2D eigenvalue weighted by molar-refractivity contribution is 5.73. The second-order valence-electron chi connectivity index (χ2n) is 4.05. The zero-order valence-corrected chi connectivity index (χ0v) is 10.5. The van der Waals surface area contributed by atoms with Crippen LogP contribution in [-0.4, -0.2) is 22.0 Å². The lowest BCUT2D eigenvalue weighted by Crippen LogP contribution is -2.34. The number of rotatable bonds is 3. The van der Waals surface area contributed by atoms with Gasteiger partial charge in [-0.3, -0.25) is 14.9 Å². The minimum atomic E-state index is -0.975. The highest BCUT2D eigenvalue weighted by Gasteiger charge is 2.15. The molecule has 19 heavy (non-hydrogen) atoms. The summed E-state index contributed by atoms with van der Waals surface area (Å²) in [5, 5.41) is 18.3. The first kappa shape index (κ1) is 16.8. The monoisotopic (exact) mass is 273 g/mol. The summed E-state index contributed by atoms with van der Waals surface area (Å²) in [6, 6.07) is 2.94. The molecular formula is C11H16FN3O4. The average molecular weight is 273 g/mol. The summed E-state index contributed by atoms with van der Waals surface area (Å²) in [4.78, 5) is 19.3. The maximum absolute atomic E-state index is 12.7. The van der Waals surface area contributed by atoms with Crippen molar-refractivity contribution in [3.05, 3.63) is 34.1 Å². The summed E-state index contributed by atoms with van der Waals surface area (Å²) in [6.07, 6.45) is 0. The molecule has 0 aliphatic carbocycles. The van der Waals surface area contributed by atoms with Gasteiger partial charge in [-0.15, -0.1) is 0 Å². The molecule has 1 atom stereocenters. The van der Waals surface area contributed by atoms with Crippen molar-refractivity contribution in [1.82, 2.24) is 0 Å². The average Bonchev–Trinajstić information content (AvgIpc) is 2.31. The maximum atomic E-state index is 12.7. The van der Waals surface area contributed by atoms with Crippen LogP contribution in [0, 0.1) is 21.8 Å². The van der Waals surface area contributed by atoms with Crippen LogP contribution in [0.1, 0.15) is 13.8 Å². The first-order valence-corrected chi connectivity index (χ1v) is 5.35. The Labute approximate surface area is 109 Å². The van der Waals surface area contributed by atoms with Crippen molar-refractivity contribution in [2.24, 2.45) is 11.7 Å². The molecule has 0 aliphatic heterocycles. The first-order chi connectivity index (χ1) is 8.68. The molecule has 0 saturated carbocycles. The molecule has 106 valence electrons. The van der Waals surface area contributed by atoms with Gasteiger partial charge in [-0.05, 0) is 12.0 Å². The molecule has 0 aromatic heterocycles. The minimum absolute atomic E-state index is 0.0208. The van der Waals surface area contributed by atoms with Crippen molar-refractivity contribution in [3.63, 3.8) is 0 Å². The van der Waals surface area contributed by atoms with E-state index < -0.39 is 28.4 Å². The topological polar surface area (TPSA) is 132 Å². The summed E-state index contributed by atoms with van der Waals surface area (Å²) >= 11 is 0. The van der Waals surface area contributed by atoms with E-state index in [0.29, 0.717) is 0 Å². The summed E-state index contributed by atoms with van der Waals surface area (Å²) in [5.74, 6) is -1.88. The van der Waals surface area contributed by atoms with Gasteiger partial charge in [0.1, 0.15) is 6.04 Å². The number of benzene rings is 1. The number of aliphatic carboxylic acids is 1. The Morgan fingerprint density at radius 2 is 2.00 bits per heavy atom. The Kier molecular flexibility index (Phi) is 6.42. The number of anilines is 1. The molecule has 0 spiro atoms. The number of carbonyl (C=O) groups is 1. The van der Waals surface area contributed by atoms with Gasteiger partial charge in [0.05, 0.1) is 10.6 Å². The largest absolute Gasteiger partial charge is 0.480 e. The molecule has 5 N–H and O–H groups in total. The van der Waals surface area contributed by atoms with Gasteiger partial charge in [-0.2, -0.15) is 4.39 Å². The number of nitrogens with two attached hydrogens (primary N) is 2. The fourth-order valence-electron chi connectivity index (χ4n) is 0.963. The van der Waals surface area contributed by atoms with Crippen molar-refractivity contribution >= 4 is 17.3 Å². The molecule has 0 radical (unpaired) electrons. The normalized spacial score (nSPS) is 11.4. The summed E-state index contributed by atoms with van der Waals surface area (Å²) in [5.41, 5.74) is 9.44. The van der Waals surface area contributed by atoms with Gasteiger partial charge in [0.15, 0.2) is 0 Å². The number of hydrogen-bond acceptors (Lipinski definition) is 5. The van der Waals surface area contributed by atoms with Crippen LogP contribution in [0.3, 0.4) is 0 Å². The third-order valence-corrected chi connectivity index (χ3v) is 2.21. The van der Waals surface area contributed by atoms with Gasteiger partial charge < -0.3 is 16.6 Å². The Balaban J connectivity index is 0.000000362. The Hall–Kier alpha value is -2.22. The number of hydrogen-bond donors (Lipinski definition) is 3. The predicted octanol–water partition coefficient (Wildman–Crippen LogP) is 1.37. The minimum Gasteiger partial charge on any atom is -0.480 e. The SMILES string of the molecule is CC(C)[C@H](N)C(=O)O.Nc1cccc([N+](=O)[O-])c1F. The molecule has 7 nitrogen and oxygen atoms in total. The van der Waals surface area contributed by atoms with Crippen LogP contribution in [0.5, 0.6) is 0 Å².